The Kier molecular flexibility index (Phi) is 4.68. The number of hydrogen-bond acceptors (Lipinski definition) is 8. The lowest BCUT2D eigenvalue weighted by molar-refractivity contribution is -0.385. The number of carbonyl (C=O) groups excluding carboxylic acids is 2. The van der Waals surface area contributed by atoms with Gasteiger partial charge >= 0.3 is 11.9 Å². The largest absolute Gasteiger partial charge is 0.493 e. The van der Waals surface area contributed by atoms with Gasteiger partial charge in [0.1, 0.15) is 0 Å². The van der Waals surface area contributed by atoms with Crippen LogP contribution in [-0.2, 0) is 19.1 Å². The molecule has 124 valence electrons. The summed E-state index contributed by atoms with van der Waals surface area (Å²) in [5, 5.41) is 11.0. The number of methoxy groups -OCH3 is 1. The standard InChI is InChI=1S/C14H15NO8/c1-4-10-13(17)23-14(21-7(2)16)9-5-8(15(18)19)6-11(20-3)12(9)22-10/h5-6,10,14H,4H2,1-3H3. The predicted octanol–water partition coefficient (Wildman–Crippen LogP) is 1.88. The molecule has 0 spiro atoms. The van der Waals surface area contributed by atoms with Gasteiger partial charge in [-0.2, -0.15) is 0 Å². The van der Waals surface area contributed by atoms with Gasteiger partial charge in [-0.25, -0.2) is 4.79 Å². The van der Waals surface area contributed by atoms with E-state index in [0.29, 0.717) is 6.42 Å². The van der Waals surface area contributed by atoms with E-state index >= 15 is 0 Å². The number of nitro groups is 1. The van der Waals surface area contributed by atoms with Crippen molar-refractivity contribution in [3.05, 3.63) is 27.8 Å². The molecule has 2 unspecified atom stereocenters. The molecule has 1 heterocycles. The minimum absolute atomic E-state index is 0.0375. The van der Waals surface area contributed by atoms with E-state index in [0.717, 1.165) is 19.1 Å². The molecular weight excluding hydrogens is 310 g/mol. The van der Waals surface area contributed by atoms with E-state index in [1.54, 1.807) is 6.92 Å². The predicted molar refractivity (Wildman–Crippen MR) is 75.0 cm³/mol. The van der Waals surface area contributed by atoms with Crippen LogP contribution in [0.1, 0.15) is 32.1 Å². The Bertz CT molecular complexity index is 656. The van der Waals surface area contributed by atoms with Gasteiger partial charge in [0.2, 0.25) is 0 Å². The van der Waals surface area contributed by atoms with E-state index in [1.807, 2.05) is 0 Å². The summed E-state index contributed by atoms with van der Waals surface area (Å²) in [6, 6.07) is 2.28. The van der Waals surface area contributed by atoms with Crippen molar-refractivity contribution in [3.8, 4) is 11.5 Å². The van der Waals surface area contributed by atoms with E-state index in [4.69, 9.17) is 18.9 Å². The third-order valence-corrected chi connectivity index (χ3v) is 3.14. The maximum atomic E-state index is 12.0. The van der Waals surface area contributed by atoms with Crippen LogP contribution in [0.3, 0.4) is 0 Å². The number of carbonyl (C=O) groups is 2. The van der Waals surface area contributed by atoms with Crippen molar-refractivity contribution in [1.29, 1.82) is 0 Å². The minimum Gasteiger partial charge on any atom is -0.493 e. The third-order valence-electron chi connectivity index (χ3n) is 3.14. The van der Waals surface area contributed by atoms with Crippen LogP contribution < -0.4 is 9.47 Å². The van der Waals surface area contributed by atoms with Crippen molar-refractivity contribution >= 4 is 17.6 Å². The van der Waals surface area contributed by atoms with Gasteiger partial charge < -0.3 is 18.9 Å². The van der Waals surface area contributed by atoms with Crippen LogP contribution in [0.15, 0.2) is 12.1 Å². The Morgan fingerprint density at radius 2 is 2.09 bits per heavy atom. The number of benzene rings is 1. The van der Waals surface area contributed by atoms with Gasteiger partial charge in [0, 0.05) is 13.0 Å². The Morgan fingerprint density at radius 1 is 1.39 bits per heavy atom. The first-order valence-electron chi connectivity index (χ1n) is 6.78. The van der Waals surface area contributed by atoms with Crippen molar-refractivity contribution in [2.45, 2.75) is 32.7 Å². The van der Waals surface area contributed by atoms with Gasteiger partial charge in [0.25, 0.3) is 12.0 Å². The molecule has 9 nitrogen and oxygen atoms in total. The maximum absolute atomic E-state index is 12.0. The van der Waals surface area contributed by atoms with Crippen LogP contribution in [0.25, 0.3) is 0 Å². The molecule has 23 heavy (non-hydrogen) atoms. The first kappa shape index (κ1) is 16.5. The van der Waals surface area contributed by atoms with Crippen LogP contribution in [0.4, 0.5) is 5.69 Å². The zero-order chi connectivity index (χ0) is 17.1. The normalized spacial score (nSPS) is 19.7. The molecule has 0 N–H and O–H groups in total. The quantitative estimate of drug-likeness (QED) is 0.468. The highest BCUT2D eigenvalue weighted by Gasteiger charge is 2.37. The fourth-order valence-corrected chi connectivity index (χ4v) is 2.09. The fraction of sp³-hybridized carbons (Fsp3) is 0.429. The molecule has 1 aromatic rings. The zero-order valence-corrected chi connectivity index (χ0v) is 12.7. The van der Waals surface area contributed by atoms with Gasteiger partial charge in [-0.3, -0.25) is 14.9 Å². The van der Waals surface area contributed by atoms with E-state index < -0.39 is 29.3 Å². The molecule has 1 aliphatic heterocycles. The lowest BCUT2D eigenvalue weighted by Gasteiger charge is -2.17. The average molecular weight is 325 g/mol. The smallest absolute Gasteiger partial charge is 0.350 e. The molecule has 0 saturated heterocycles. The number of ether oxygens (including phenoxy) is 4. The number of cyclic esters (lactones) is 1. The number of esters is 2. The van der Waals surface area contributed by atoms with Gasteiger partial charge in [-0.1, -0.05) is 6.92 Å². The summed E-state index contributed by atoms with van der Waals surface area (Å²) in [7, 11) is 1.30. The average Bonchev–Trinajstić information content (AvgIpc) is 2.62. The second kappa shape index (κ2) is 6.51. The Labute approximate surface area is 131 Å². The van der Waals surface area contributed by atoms with E-state index in [1.165, 1.54) is 7.11 Å². The van der Waals surface area contributed by atoms with Crippen molar-refractivity contribution in [2.75, 3.05) is 7.11 Å². The number of hydrogen-bond donors (Lipinski definition) is 0. The molecule has 1 aliphatic rings. The molecule has 1 aromatic carbocycles. The van der Waals surface area contributed by atoms with Crippen LogP contribution in [-0.4, -0.2) is 30.1 Å². The molecule has 0 amide bonds. The lowest BCUT2D eigenvalue weighted by Crippen LogP contribution is -2.27. The number of nitrogens with zero attached hydrogens (tertiary/aromatic N) is 1. The highest BCUT2D eigenvalue weighted by molar-refractivity contribution is 5.77. The first-order valence-corrected chi connectivity index (χ1v) is 6.78. The van der Waals surface area contributed by atoms with Crippen LogP contribution in [0.2, 0.25) is 0 Å². The molecule has 0 bridgehead atoms. The number of rotatable bonds is 4. The molecule has 9 heteroatoms. The van der Waals surface area contributed by atoms with Crippen molar-refractivity contribution in [2.24, 2.45) is 0 Å². The molecule has 2 rings (SSSR count). The Hall–Kier alpha value is -2.84. The molecule has 0 fully saturated rings. The summed E-state index contributed by atoms with van der Waals surface area (Å²) in [6.07, 6.45) is -2.09. The highest BCUT2D eigenvalue weighted by Crippen LogP contribution is 2.43. The van der Waals surface area contributed by atoms with Crippen LogP contribution in [0, 0.1) is 10.1 Å². The van der Waals surface area contributed by atoms with E-state index in [-0.39, 0.29) is 22.7 Å². The van der Waals surface area contributed by atoms with Gasteiger partial charge in [0.15, 0.2) is 17.6 Å². The van der Waals surface area contributed by atoms with Crippen molar-refractivity contribution < 1.29 is 33.5 Å². The molecule has 0 radical (unpaired) electrons. The summed E-state index contributed by atoms with van der Waals surface area (Å²) in [6.45, 7) is 2.83. The van der Waals surface area contributed by atoms with Crippen molar-refractivity contribution in [1.82, 2.24) is 0 Å². The summed E-state index contributed by atoms with van der Waals surface area (Å²) in [5.74, 6) is -1.33. The topological polar surface area (TPSA) is 114 Å². The lowest BCUT2D eigenvalue weighted by atomic mass is 10.1. The molecule has 0 saturated carbocycles. The highest BCUT2D eigenvalue weighted by atomic mass is 16.7. The molecule has 0 aliphatic carbocycles. The SMILES string of the molecule is CCC1Oc2c(OC)cc([N+](=O)[O-])cc2C(OC(C)=O)OC1=O. The third kappa shape index (κ3) is 3.33. The second-order valence-electron chi connectivity index (χ2n) is 4.72. The van der Waals surface area contributed by atoms with Gasteiger partial charge in [-0.15, -0.1) is 0 Å². The first-order chi connectivity index (χ1) is 10.9. The van der Waals surface area contributed by atoms with Crippen molar-refractivity contribution in [3.63, 3.8) is 0 Å². The van der Waals surface area contributed by atoms with Gasteiger partial charge in [-0.05, 0) is 6.42 Å². The summed E-state index contributed by atoms with van der Waals surface area (Å²) in [5.41, 5.74) is -0.275. The monoisotopic (exact) mass is 325 g/mol. The zero-order valence-electron chi connectivity index (χ0n) is 12.7. The Balaban J connectivity index is 2.63. The van der Waals surface area contributed by atoms with Crippen LogP contribution >= 0.6 is 0 Å². The molecule has 0 aromatic heterocycles. The van der Waals surface area contributed by atoms with E-state index in [2.05, 4.69) is 0 Å². The van der Waals surface area contributed by atoms with Gasteiger partial charge in [0.05, 0.1) is 23.7 Å². The maximum Gasteiger partial charge on any atom is 0.350 e. The molecular formula is C14H15NO8. The number of nitro benzene ring substituents is 1. The fourth-order valence-electron chi connectivity index (χ4n) is 2.09. The number of non-ortho nitro benzene ring substituents is 1. The van der Waals surface area contributed by atoms with E-state index in [9.17, 15) is 19.7 Å². The minimum atomic E-state index is -1.44. The second-order valence-corrected chi connectivity index (χ2v) is 4.72. The number of fused-ring (bicyclic) bond motifs is 1. The molecule has 2 atom stereocenters. The van der Waals surface area contributed by atoms with Crippen LogP contribution in [0.5, 0.6) is 11.5 Å². The summed E-state index contributed by atoms with van der Waals surface area (Å²) >= 11 is 0. The summed E-state index contributed by atoms with van der Waals surface area (Å²) in [4.78, 5) is 33.7. The Morgan fingerprint density at radius 3 is 2.61 bits per heavy atom. The summed E-state index contributed by atoms with van der Waals surface area (Å²) < 4.78 is 20.7.